The predicted octanol–water partition coefficient (Wildman–Crippen LogP) is 6.76. The number of nitrogens with zero attached hydrogens (tertiary/aromatic N) is 1. The largest absolute Gasteiger partial charge is 0.497 e. The zero-order valence-corrected chi connectivity index (χ0v) is 35.2. The Morgan fingerprint density at radius 1 is 1.04 bits per heavy atom. The molecule has 1 aromatic rings. The molecule has 0 aromatic heterocycles. The van der Waals surface area contributed by atoms with E-state index in [4.69, 9.17) is 28.4 Å². The summed E-state index contributed by atoms with van der Waals surface area (Å²) in [5, 5.41) is 23.7. The number of ether oxygens (including phenoxy) is 6. The number of fused-ring (bicyclic) bond motifs is 4. The van der Waals surface area contributed by atoms with Gasteiger partial charge in [0.1, 0.15) is 11.5 Å². The molecule has 0 radical (unpaired) electrons. The molecule has 0 bridgehead atoms. The highest BCUT2D eigenvalue weighted by molar-refractivity contribution is 5.66. The van der Waals surface area contributed by atoms with E-state index in [-0.39, 0.29) is 57.4 Å². The summed E-state index contributed by atoms with van der Waals surface area (Å²) in [5.74, 6) is 2.63. The summed E-state index contributed by atoms with van der Waals surface area (Å²) in [6.45, 7) is 19.8. The third-order valence-corrected chi connectivity index (χ3v) is 17.4. The molecule has 1 aromatic carbocycles. The fourth-order valence-electron chi connectivity index (χ4n) is 14.9. The second-order valence-electron chi connectivity index (χ2n) is 20.6. The lowest BCUT2D eigenvalue weighted by atomic mass is 9.41. The Labute approximate surface area is 329 Å². The molecule has 0 amide bonds. The van der Waals surface area contributed by atoms with Gasteiger partial charge in [-0.1, -0.05) is 40.7 Å². The molecule has 2 heterocycles. The molecule has 14 atom stereocenters. The number of carbonyl (C=O) groups is 1. The van der Waals surface area contributed by atoms with E-state index in [1.165, 1.54) is 26.2 Å². The van der Waals surface area contributed by atoms with E-state index in [2.05, 4.69) is 45.6 Å². The van der Waals surface area contributed by atoms with Crippen molar-refractivity contribution in [3.8, 4) is 11.5 Å². The van der Waals surface area contributed by atoms with E-state index in [9.17, 15) is 15.0 Å². The van der Waals surface area contributed by atoms with Crippen LogP contribution in [-0.4, -0.2) is 97.4 Å². The first-order chi connectivity index (χ1) is 25.9. The maximum atomic E-state index is 12.7. The van der Waals surface area contributed by atoms with Gasteiger partial charge in [0.05, 0.1) is 50.8 Å². The van der Waals surface area contributed by atoms with Crippen molar-refractivity contribution in [1.82, 2.24) is 4.90 Å². The summed E-state index contributed by atoms with van der Waals surface area (Å²) < 4.78 is 37.0. The van der Waals surface area contributed by atoms with Crippen LogP contribution in [0.5, 0.6) is 11.5 Å². The number of methoxy groups -OCH3 is 2. The van der Waals surface area contributed by atoms with Crippen LogP contribution in [0.15, 0.2) is 18.2 Å². The quantitative estimate of drug-likeness (QED) is 0.261. The first-order valence-corrected chi connectivity index (χ1v) is 21.3. The molecule has 5 saturated carbocycles. The second kappa shape index (κ2) is 13.6. The minimum Gasteiger partial charge on any atom is -0.497 e. The number of hydrogen-bond acceptors (Lipinski definition) is 10. The molecule has 7 fully saturated rings. The zero-order chi connectivity index (χ0) is 39.5. The summed E-state index contributed by atoms with van der Waals surface area (Å²) in [6.07, 6.45) is 6.31. The van der Waals surface area contributed by atoms with Gasteiger partial charge in [-0.2, -0.15) is 0 Å². The molecule has 5 aliphatic carbocycles. The molecule has 2 N–H and O–H groups in total. The van der Waals surface area contributed by atoms with Crippen LogP contribution in [0, 0.1) is 50.7 Å². The minimum atomic E-state index is -1.26. The SMILES string of the molecule is COc1ccc(CN2CCO[C@@H](O[C@H]3CC[C@]45C[C@]46CC[C@]4(C)C7[C@H](C)CC([C@H](OC(C)=O)C(C)(C)O)O[C@@H]7[C@H](O)[C@@]4(C)C6CC[C@H]5C3(C)C)C2)c(OC)c1. The Hall–Kier alpha value is -1.95. The highest BCUT2D eigenvalue weighted by Crippen LogP contribution is 2.89. The first kappa shape index (κ1) is 39.9. The fourth-order valence-corrected chi connectivity index (χ4v) is 14.9. The number of aliphatic hydroxyl groups is 2. The average Bonchev–Trinajstić information content (AvgIpc) is 3.76. The number of rotatable bonds is 9. The number of hydrogen-bond donors (Lipinski definition) is 2. The molecule has 2 spiro atoms. The maximum Gasteiger partial charge on any atom is 0.303 e. The molecule has 7 aliphatic rings. The van der Waals surface area contributed by atoms with Gasteiger partial charge >= 0.3 is 5.97 Å². The third-order valence-electron chi connectivity index (χ3n) is 17.4. The van der Waals surface area contributed by atoms with Gasteiger partial charge in [-0.25, -0.2) is 0 Å². The Kier molecular flexibility index (Phi) is 9.82. The van der Waals surface area contributed by atoms with Crippen molar-refractivity contribution < 1.29 is 43.4 Å². The number of morpholine rings is 1. The third kappa shape index (κ3) is 5.87. The van der Waals surface area contributed by atoms with Gasteiger partial charge in [0.15, 0.2) is 12.4 Å². The van der Waals surface area contributed by atoms with Crippen LogP contribution < -0.4 is 9.47 Å². The molecule has 3 unspecified atom stereocenters. The Bertz CT molecular complexity index is 1630. The summed E-state index contributed by atoms with van der Waals surface area (Å²) in [6, 6.07) is 6.03. The average molecular weight is 768 g/mol. The van der Waals surface area contributed by atoms with E-state index < -0.39 is 29.9 Å². The lowest BCUT2D eigenvalue weighted by molar-refractivity contribution is -0.249. The van der Waals surface area contributed by atoms with E-state index in [1.54, 1.807) is 28.1 Å². The van der Waals surface area contributed by atoms with Gasteiger partial charge < -0.3 is 38.6 Å². The lowest BCUT2D eigenvalue weighted by Crippen LogP contribution is -2.60. The summed E-state index contributed by atoms with van der Waals surface area (Å²) in [5.41, 5.74) is -0.00815. The van der Waals surface area contributed by atoms with Crippen LogP contribution in [-0.2, 0) is 30.3 Å². The van der Waals surface area contributed by atoms with Gasteiger partial charge in [0.25, 0.3) is 0 Å². The molecule has 55 heavy (non-hydrogen) atoms. The summed E-state index contributed by atoms with van der Waals surface area (Å²) >= 11 is 0. The summed E-state index contributed by atoms with van der Waals surface area (Å²) in [4.78, 5) is 14.6. The Balaban J connectivity index is 0.981. The standard InChI is InChI=1S/C45H69NO9/c1-26-21-31(39(41(5,6)49)53-27(2)47)54-37-36(26)42(7)17-18-45-25-44(45)16-15-34(40(3,4)32(44)13-14-33(45)43(42,8)38(37)48)55-35-24-46(19-20-52-35)23-28-11-12-29(50-9)22-30(28)51-10/h11-12,22,26,31-39,48-49H,13-21,23-25H2,1-10H3/t26-,31?,32+,33?,34+,35+,36?,37+,38+,39+,42-,43-,44-,45+/m1/s1. The molecular formula is C45H69NO9. The molecule has 10 nitrogen and oxygen atoms in total. The van der Waals surface area contributed by atoms with Crippen molar-refractivity contribution in [3.63, 3.8) is 0 Å². The number of esters is 1. The Morgan fingerprint density at radius 3 is 2.45 bits per heavy atom. The van der Waals surface area contributed by atoms with Crippen LogP contribution in [0.4, 0.5) is 0 Å². The molecule has 8 rings (SSSR count). The topological polar surface area (TPSA) is 116 Å². The number of aliphatic hydroxyl groups excluding tert-OH is 1. The van der Waals surface area contributed by atoms with Gasteiger partial charge in [0.2, 0.25) is 0 Å². The van der Waals surface area contributed by atoms with Gasteiger partial charge in [-0.15, -0.1) is 0 Å². The highest BCUT2D eigenvalue weighted by atomic mass is 16.7. The van der Waals surface area contributed by atoms with Crippen molar-refractivity contribution in [1.29, 1.82) is 0 Å². The van der Waals surface area contributed by atoms with Gasteiger partial charge in [-0.05, 0) is 117 Å². The monoisotopic (exact) mass is 767 g/mol. The molecular weight excluding hydrogens is 698 g/mol. The van der Waals surface area contributed by atoms with Crippen molar-refractivity contribution in [3.05, 3.63) is 23.8 Å². The van der Waals surface area contributed by atoms with Crippen molar-refractivity contribution >= 4 is 5.97 Å². The fraction of sp³-hybridized carbons (Fsp3) is 0.844. The van der Waals surface area contributed by atoms with E-state index in [1.807, 2.05) is 12.1 Å². The second-order valence-corrected chi connectivity index (χ2v) is 20.6. The zero-order valence-electron chi connectivity index (χ0n) is 35.2. The van der Waals surface area contributed by atoms with Gasteiger partial charge in [-0.3, -0.25) is 9.69 Å². The Morgan fingerprint density at radius 2 is 1.76 bits per heavy atom. The maximum absolute atomic E-state index is 12.7. The van der Waals surface area contributed by atoms with Crippen LogP contribution in [0.2, 0.25) is 0 Å². The summed E-state index contributed by atoms with van der Waals surface area (Å²) in [7, 11) is 3.38. The van der Waals surface area contributed by atoms with E-state index in [0.717, 1.165) is 62.4 Å². The van der Waals surface area contributed by atoms with Crippen LogP contribution >= 0.6 is 0 Å². The molecule has 2 saturated heterocycles. The van der Waals surface area contributed by atoms with Gasteiger partial charge in [0, 0.05) is 43.6 Å². The first-order valence-electron chi connectivity index (χ1n) is 21.3. The van der Waals surface area contributed by atoms with Crippen molar-refractivity contribution in [2.45, 2.75) is 156 Å². The van der Waals surface area contributed by atoms with Crippen LogP contribution in [0.3, 0.4) is 0 Å². The lowest BCUT2D eigenvalue weighted by Gasteiger charge is -2.64. The van der Waals surface area contributed by atoms with Crippen molar-refractivity contribution in [2.24, 2.45) is 50.7 Å². The minimum absolute atomic E-state index is 0.00480. The molecule has 10 heteroatoms. The molecule has 308 valence electrons. The van der Waals surface area contributed by atoms with E-state index >= 15 is 0 Å². The number of carbonyl (C=O) groups excluding carboxylic acids is 1. The smallest absolute Gasteiger partial charge is 0.303 e. The van der Waals surface area contributed by atoms with Crippen LogP contribution in [0.1, 0.15) is 112 Å². The van der Waals surface area contributed by atoms with Crippen molar-refractivity contribution in [2.75, 3.05) is 33.9 Å². The normalized spacial score (nSPS) is 45.2. The van der Waals surface area contributed by atoms with Crippen LogP contribution in [0.25, 0.3) is 0 Å². The highest BCUT2D eigenvalue weighted by Gasteiger charge is 2.84. The predicted molar refractivity (Wildman–Crippen MR) is 207 cm³/mol. The number of benzene rings is 1. The van der Waals surface area contributed by atoms with E-state index in [0.29, 0.717) is 24.9 Å². The molecule has 2 aliphatic heterocycles.